The first-order valence-corrected chi connectivity index (χ1v) is 5.15. The highest BCUT2D eigenvalue weighted by molar-refractivity contribution is 7.99. The summed E-state index contributed by atoms with van der Waals surface area (Å²) in [6, 6.07) is 9.50. The van der Waals surface area contributed by atoms with Crippen LogP contribution in [0.5, 0.6) is 0 Å². The molecule has 0 amide bonds. The standard InChI is InChI=1S/C11H7N3S/c12-7-9-4-6-13-8-10(9)15-11-3-1-2-5-14-11/h1-6,8H. The molecule has 15 heavy (non-hydrogen) atoms. The van der Waals surface area contributed by atoms with Crippen LogP contribution in [0.25, 0.3) is 0 Å². The van der Waals surface area contributed by atoms with Crippen LogP contribution in [0, 0.1) is 11.3 Å². The lowest BCUT2D eigenvalue weighted by Crippen LogP contribution is -1.84. The first-order valence-electron chi connectivity index (χ1n) is 4.33. The highest BCUT2D eigenvalue weighted by Gasteiger charge is 2.03. The first-order chi connectivity index (χ1) is 7.40. The van der Waals surface area contributed by atoms with Crippen molar-refractivity contribution in [2.24, 2.45) is 0 Å². The fourth-order valence-corrected chi connectivity index (χ4v) is 1.90. The summed E-state index contributed by atoms with van der Waals surface area (Å²) in [5, 5.41) is 9.75. The van der Waals surface area contributed by atoms with Gasteiger partial charge in [0.25, 0.3) is 0 Å². The predicted molar refractivity (Wildman–Crippen MR) is 57.3 cm³/mol. The zero-order chi connectivity index (χ0) is 10.5. The fourth-order valence-electron chi connectivity index (χ4n) is 1.07. The van der Waals surface area contributed by atoms with Crippen molar-refractivity contribution < 1.29 is 0 Å². The molecule has 2 aromatic heterocycles. The van der Waals surface area contributed by atoms with Crippen LogP contribution < -0.4 is 0 Å². The lowest BCUT2D eigenvalue weighted by Gasteiger charge is -2.00. The van der Waals surface area contributed by atoms with E-state index in [9.17, 15) is 0 Å². The summed E-state index contributed by atoms with van der Waals surface area (Å²) in [5.74, 6) is 0. The highest BCUT2D eigenvalue weighted by Crippen LogP contribution is 2.27. The van der Waals surface area contributed by atoms with Gasteiger partial charge in [-0.25, -0.2) is 4.98 Å². The molecule has 0 spiro atoms. The molecule has 0 aliphatic carbocycles. The average Bonchev–Trinajstić information content (AvgIpc) is 2.31. The topological polar surface area (TPSA) is 49.6 Å². The molecule has 2 rings (SSSR count). The summed E-state index contributed by atoms with van der Waals surface area (Å²) in [4.78, 5) is 9.00. The van der Waals surface area contributed by atoms with Gasteiger partial charge in [-0.15, -0.1) is 0 Å². The maximum Gasteiger partial charge on any atom is 0.101 e. The van der Waals surface area contributed by atoms with Crippen LogP contribution in [0.15, 0.2) is 52.8 Å². The molecule has 0 saturated carbocycles. The number of nitriles is 1. The quantitative estimate of drug-likeness (QED) is 0.769. The third kappa shape index (κ3) is 2.33. The maximum atomic E-state index is 8.88. The Morgan fingerprint density at radius 1 is 1.20 bits per heavy atom. The Morgan fingerprint density at radius 2 is 2.13 bits per heavy atom. The van der Waals surface area contributed by atoms with Crippen molar-refractivity contribution in [1.82, 2.24) is 9.97 Å². The Balaban J connectivity index is 2.29. The van der Waals surface area contributed by atoms with E-state index >= 15 is 0 Å². The molecule has 3 nitrogen and oxygen atoms in total. The average molecular weight is 213 g/mol. The molecule has 0 N–H and O–H groups in total. The second kappa shape index (κ2) is 4.58. The molecule has 0 aromatic carbocycles. The first kappa shape index (κ1) is 9.69. The van der Waals surface area contributed by atoms with Crippen LogP contribution in [-0.2, 0) is 0 Å². The molecule has 0 unspecified atom stereocenters. The van der Waals surface area contributed by atoms with E-state index in [2.05, 4.69) is 16.0 Å². The maximum absolute atomic E-state index is 8.88. The van der Waals surface area contributed by atoms with Gasteiger partial charge in [0.1, 0.15) is 11.1 Å². The van der Waals surface area contributed by atoms with Crippen LogP contribution in [0.1, 0.15) is 5.56 Å². The van der Waals surface area contributed by atoms with Gasteiger partial charge in [0.15, 0.2) is 0 Å². The van der Waals surface area contributed by atoms with E-state index in [1.165, 1.54) is 11.8 Å². The van der Waals surface area contributed by atoms with Crippen molar-refractivity contribution in [3.63, 3.8) is 0 Å². The molecule has 4 heteroatoms. The Bertz CT molecular complexity index is 491. The molecule has 0 aliphatic rings. The molecule has 2 heterocycles. The molecular weight excluding hydrogens is 206 g/mol. The zero-order valence-corrected chi connectivity index (χ0v) is 8.61. The summed E-state index contributed by atoms with van der Waals surface area (Å²) in [7, 11) is 0. The third-order valence-corrected chi connectivity index (χ3v) is 2.75. The van der Waals surface area contributed by atoms with Crippen molar-refractivity contribution in [1.29, 1.82) is 5.26 Å². The van der Waals surface area contributed by atoms with Gasteiger partial charge in [-0.05, 0) is 18.2 Å². The molecule has 0 saturated heterocycles. The SMILES string of the molecule is N#Cc1ccncc1Sc1ccccn1. The molecule has 0 radical (unpaired) electrons. The smallest absolute Gasteiger partial charge is 0.101 e. The minimum atomic E-state index is 0.626. The molecule has 0 bridgehead atoms. The normalized spacial score (nSPS) is 9.53. The Hall–Kier alpha value is -1.86. The summed E-state index contributed by atoms with van der Waals surface area (Å²) in [6.45, 7) is 0. The molecular formula is C11H7N3S. The predicted octanol–water partition coefficient (Wildman–Crippen LogP) is 2.50. The van der Waals surface area contributed by atoms with Gasteiger partial charge in [-0.1, -0.05) is 17.8 Å². The monoisotopic (exact) mass is 213 g/mol. The number of aromatic nitrogens is 2. The molecule has 0 aliphatic heterocycles. The number of rotatable bonds is 2. The van der Waals surface area contributed by atoms with Gasteiger partial charge in [0.05, 0.1) is 5.56 Å². The van der Waals surface area contributed by atoms with Crippen molar-refractivity contribution in [2.75, 3.05) is 0 Å². The molecule has 0 fully saturated rings. The number of nitrogens with zero attached hydrogens (tertiary/aromatic N) is 3. The van der Waals surface area contributed by atoms with Crippen LogP contribution in [0.4, 0.5) is 0 Å². The van der Waals surface area contributed by atoms with Crippen molar-refractivity contribution >= 4 is 11.8 Å². The van der Waals surface area contributed by atoms with Crippen molar-refractivity contribution in [3.8, 4) is 6.07 Å². The van der Waals surface area contributed by atoms with Crippen LogP contribution in [0.3, 0.4) is 0 Å². The zero-order valence-electron chi connectivity index (χ0n) is 7.79. The number of pyridine rings is 2. The van der Waals surface area contributed by atoms with E-state index in [-0.39, 0.29) is 0 Å². The van der Waals surface area contributed by atoms with E-state index in [1.807, 2.05) is 18.2 Å². The molecule has 72 valence electrons. The van der Waals surface area contributed by atoms with Crippen LogP contribution in [-0.4, -0.2) is 9.97 Å². The lowest BCUT2D eigenvalue weighted by atomic mass is 10.3. The van der Waals surface area contributed by atoms with Crippen LogP contribution in [0.2, 0.25) is 0 Å². The number of hydrogen-bond donors (Lipinski definition) is 0. The van der Waals surface area contributed by atoms with E-state index in [4.69, 9.17) is 5.26 Å². The lowest BCUT2D eigenvalue weighted by molar-refractivity contribution is 1.12. The fraction of sp³-hybridized carbons (Fsp3) is 0. The number of hydrogen-bond acceptors (Lipinski definition) is 4. The Morgan fingerprint density at radius 3 is 2.87 bits per heavy atom. The van der Waals surface area contributed by atoms with E-state index < -0.39 is 0 Å². The largest absolute Gasteiger partial charge is 0.263 e. The van der Waals surface area contributed by atoms with Gasteiger partial charge in [0, 0.05) is 23.5 Å². The van der Waals surface area contributed by atoms with Gasteiger partial charge in [-0.2, -0.15) is 5.26 Å². The van der Waals surface area contributed by atoms with E-state index in [0.717, 1.165) is 9.92 Å². The van der Waals surface area contributed by atoms with Crippen LogP contribution >= 0.6 is 11.8 Å². The van der Waals surface area contributed by atoms with E-state index in [0.29, 0.717) is 5.56 Å². The minimum Gasteiger partial charge on any atom is -0.263 e. The van der Waals surface area contributed by atoms with Gasteiger partial charge in [0.2, 0.25) is 0 Å². The van der Waals surface area contributed by atoms with Gasteiger partial charge < -0.3 is 0 Å². The Labute approximate surface area is 91.8 Å². The van der Waals surface area contributed by atoms with Gasteiger partial charge >= 0.3 is 0 Å². The molecule has 0 atom stereocenters. The summed E-state index contributed by atoms with van der Waals surface area (Å²) < 4.78 is 0. The summed E-state index contributed by atoms with van der Waals surface area (Å²) in [6.07, 6.45) is 5.02. The third-order valence-electron chi connectivity index (χ3n) is 1.76. The van der Waals surface area contributed by atoms with Gasteiger partial charge in [-0.3, -0.25) is 4.98 Å². The molecule has 2 aromatic rings. The summed E-state index contributed by atoms with van der Waals surface area (Å²) >= 11 is 1.44. The van der Waals surface area contributed by atoms with E-state index in [1.54, 1.807) is 24.7 Å². The van der Waals surface area contributed by atoms with Crippen molar-refractivity contribution in [2.45, 2.75) is 9.92 Å². The Kier molecular flexibility index (Phi) is 2.96. The minimum absolute atomic E-state index is 0.626. The second-order valence-corrected chi connectivity index (χ2v) is 3.82. The van der Waals surface area contributed by atoms with Crippen molar-refractivity contribution in [3.05, 3.63) is 48.4 Å². The highest BCUT2D eigenvalue weighted by atomic mass is 32.2. The second-order valence-electron chi connectivity index (χ2n) is 2.75. The summed E-state index contributed by atoms with van der Waals surface area (Å²) in [5.41, 5.74) is 0.626.